The average molecular weight is 306 g/mol. The Balaban J connectivity index is 2.16. The predicted molar refractivity (Wildman–Crippen MR) is 80.9 cm³/mol. The van der Waals surface area contributed by atoms with E-state index < -0.39 is 11.4 Å². The Morgan fingerprint density at radius 1 is 1.41 bits per heavy atom. The number of carboxylic acid groups (broad SMARTS) is 1. The molecule has 22 heavy (non-hydrogen) atoms. The summed E-state index contributed by atoms with van der Waals surface area (Å²) in [6.45, 7) is 6.22. The maximum absolute atomic E-state index is 12.6. The van der Waals surface area contributed by atoms with E-state index in [4.69, 9.17) is 4.74 Å². The summed E-state index contributed by atoms with van der Waals surface area (Å²) in [6, 6.07) is 5.05. The van der Waals surface area contributed by atoms with Crippen LogP contribution in [0.5, 0.6) is 5.88 Å². The van der Waals surface area contributed by atoms with Crippen molar-refractivity contribution in [3.63, 3.8) is 0 Å². The molecule has 6 nitrogen and oxygen atoms in total. The first-order valence-electron chi connectivity index (χ1n) is 7.48. The van der Waals surface area contributed by atoms with Gasteiger partial charge >= 0.3 is 5.97 Å². The number of carbonyl (C=O) groups excluding carboxylic acids is 1. The molecule has 0 aromatic carbocycles. The van der Waals surface area contributed by atoms with Crippen molar-refractivity contribution >= 4 is 11.9 Å². The highest BCUT2D eigenvalue weighted by Gasteiger charge is 2.39. The summed E-state index contributed by atoms with van der Waals surface area (Å²) in [5.74, 6) is -0.713. The van der Waals surface area contributed by atoms with E-state index in [0.29, 0.717) is 25.3 Å². The number of carboxylic acids is 1. The minimum absolute atomic E-state index is 0.0249. The number of amides is 1. The fourth-order valence-corrected chi connectivity index (χ4v) is 2.59. The topological polar surface area (TPSA) is 79.7 Å². The van der Waals surface area contributed by atoms with Gasteiger partial charge in [-0.3, -0.25) is 9.59 Å². The molecule has 1 amide bonds. The highest BCUT2D eigenvalue weighted by atomic mass is 16.5. The van der Waals surface area contributed by atoms with Crippen molar-refractivity contribution in [2.24, 2.45) is 5.41 Å². The zero-order chi connectivity index (χ0) is 16.3. The van der Waals surface area contributed by atoms with E-state index in [1.807, 2.05) is 13.8 Å². The number of hydrogen-bond donors (Lipinski definition) is 1. The molecule has 1 aliphatic heterocycles. The van der Waals surface area contributed by atoms with E-state index >= 15 is 0 Å². The molecule has 1 saturated heterocycles. The van der Waals surface area contributed by atoms with Crippen molar-refractivity contribution in [3.05, 3.63) is 23.9 Å². The second-order valence-corrected chi connectivity index (χ2v) is 6.22. The van der Waals surface area contributed by atoms with Gasteiger partial charge in [0.05, 0.1) is 11.5 Å². The van der Waals surface area contributed by atoms with Gasteiger partial charge in [-0.2, -0.15) is 0 Å². The number of likely N-dealkylation sites (tertiary alicyclic amines) is 1. The first kappa shape index (κ1) is 16.3. The Kier molecular flexibility index (Phi) is 4.68. The Morgan fingerprint density at radius 2 is 2.14 bits per heavy atom. The number of rotatable bonds is 4. The van der Waals surface area contributed by atoms with Crippen LogP contribution in [0.1, 0.15) is 44.1 Å². The fraction of sp³-hybridized carbons (Fsp3) is 0.562. The third-order valence-corrected chi connectivity index (χ3v) is 3.80. The van der Waals surface area contributed by atoms with E-state index in [9.17, 15) is 14.7 Å². The summed E-state index contributed by atoms with van der Waals surface area (Å²) in [4.78, 5) is 29.7. The Hall–Kier alpha value is -2.11. The van der Waals surface area contributed by atoms with Gasteiger partial charge < -0.3 is 14.7 Å². The number of nitrogens with zero attached hydrogens (tertiary/aromatic N) is 2. The summed E-state index contributed by atoms with van der Waals surface area (Å²) in [5.41, 5.74) is -0.604. The lowest BCUT2D eigenvalue weighted by Crippen LogP contribution is -2.48. The van der Waals surface area contributed by atoms with Gasteiger partial charge in [0, 0.05) is 19.2 Å². The third kappa shape index (κ3) is 3.55. The number of ether oxygens (including phenoxy) is 1. The lowest BCUT2D eigenvalue weighted by atomic mass is 9.82. The molecule has 1 atom stereocenters. The van der Waals surface area contributed by atoms with Crippen molar-refractivity contribution in [3.8, 4) is 5.88 Å². The van der Waals surface area contributed by atoms with Crippen molar-refractivity contribution in [1.29, 1.82) is 0 Å². The molecule has 0 bridgehead atoms. The van der Waals surface area contributed by atoms with E-state index in [2.05, 4.69) is 4.98 Å². The van der Waals surface area contributed by atoms with Crippen LogP contribution in [0.15, 0.2) is 18.2 Å². The van der Waals surface area contributed by atoms with Crippen molar-refractivity contribution in [2.75, 3.05) is 13.1 Å². The van der Waals surface area contributed by atoms with Gasteiger partial charge in [0.25, 0.3) is 5.91 Å². The summed E-state index contributed by atoms with van der Waals surface area (Å²) in [7, 11) is 0. The summed E-state index contributed by atoms with van der Waals surface area (Å²) >= 11 is 0. The maximum atomic E-state index is 12.6. The van der Waals surface area contributed by atoms with Crippen LogP contribution >= 0.6 is 0 Å². The van der Waals surface area contributed by atoms with Crippen LogP contribution in [0.3, 0.4) is 0 Å². The van der Waals surface area contributed by atoms with Gasteiger partial charge in [-0.15, -0.1) is 0 Å². The maximum Gasteiger partial charge on any atom is 0.311 e. The second kappa shape index (κ2) is 6.34. The molecule has 1 aromatic heterocycles. The van der Waals surface area contributed by atoms with E-state index in [1.165, 1.54) is 0 Å². The van der Waals surface area contributed by atoms with Crippen LogP contribution < -0.4 is 4.74 Å². The largest absolute Gasteiger partial charge is 0.481 e. The zero-order valence-electron chi connectivity index (χ0n) is 13.2. The molecule has 1 aliphatic rings. The number of aliphatic carboxylic acids is 1. The normalized spacial score (nSPS) is 21.7. The van der Waals surface area contributed by atoms with E-state index in [0.717, 1.165) is 0 Å². The molecule has 2 heterocycles. The summed E-state index contributed by atoms with van der Waals surface area (Å²) in [5, 5.41) is 9.34. The van der Waals surface area contributed by atoms with Crippen molar-refractivity contribution in [1.82, 2.24) is 9.88 Å². The number of pyridine rings is 1. The fourth-order valence-electron chi connectivity index (χ4n) is 2.59. The summed E-state index contributed by atoms with van der Waals surface area (Å²) < 4.78 is 5.50. The Labute approximate surface area is 130 Å². The standard InChI is InChI=1S/C16H22N2O4/c1-11(2)22-13-7-4-6-12(17-13)14(19)18-9-5-8-16(3,10-18)15(20)21/h4,6-7,11H,5,8-10H2,1-3H3,(H,20,21). The molecule has 0 saturated carbocycles. The van der Waals surface area contributed by atoms with E-state index in [1.54, 1.807) is 30.0 Å². The first-order chi connectivity index (χ1) is 10.3. The molecular weight excluding hydrogens is 284 g/mol. The third-order valence-electron chi connectivity index (χ3n) is 3.80. The van der Waals surface area contributed by atoms with Crippen molar-refractivity contribution in [2.45, 2.75) is 39.7 Å². The SMILES string of the molecule is CC(C)Oc1cccc(C(=O)N2CCCC(C)(C(=O)O)C2)n1. The second-order valence-electron chi connectivity index (χ2n) is 6.22. The first-order valence-corrected chi connectivity index (χ1v) is 7.48. The van der Waals surface area contributed by atoms with Gasteiger partial charge in [-0.25, -0.2) is 4.98 Å². The lowest BCUT2D eigenvalue weighted by Gasteiger charge is -2.37. The number of carbonyl (C=O) groups is 2. The van der Waals surface area contributed by atoms with Gasteiger partial charge in [0.2, 0.25) is 5.88 Å². The molecule has 6 heteroatoms. The molecule has 1 unspecified atom stereocenters. The summed E-state index contributed by atoms with van der Waals surface area (Å²) in [6.07, 6.45) is 1.23. The zero-order valence-corrected chi connectivity index (χ0v) is 13.2. The molecule has 1 fully saturated rings. The highest BCUT2D eigenvalue weighted by Crippen LogP contribution is 2.30. The molecule has 2 rings (SSSR count). The lowest BCUT2D eigenvalue weighted by molar-refractivity contribution is -0.150. The Bertz CT molecular complexity index is 573. The van der Waals surface area contributed by atoms with Crippen LogP contribution in [-0.4, -0.2) is 46.1 Å². The van der Waals surface area contributed by atoms with Gasteiger partial charge in [-0.1, -0.05) is 6.07 Å². The molecule has 1 aromatic rings. The molecule has 0 spiro atoms. The van der Waals surface area contributed by atoms with Crippen LogP contribution in [0.2, 0.25) is 0 Å². The molecule has 1 N–H and O–H groups in total. The highest BCUT2D eigenvalue weighted by molar-refractivity contribution is 5.93. The minimum Gasteiger partial charge on any atom is -0.481 e. The minimum atomic E-state index is -0.889. The number of piperidine rings is 1. The molecule has 0 radical (unpaired) electrons. The quantitative estimate of drug-likeness (QED) is 0.922. The van der Waals surface area contributed by atoms with Gasteiger partial charge in [0.15, 0.2) is 0 Å². The number of hydrogen-bond acceptors (Lipinski definition) is 4. The molecular formula is C16H22N2O4. The molecule has 0 aliphatic carbocycles. The van der Waals surface area contributed by atoms with Gasteiger partial charge in [0.1, 0.15) is 5.69 Å². The Morgan fingerprint density at radius 3 is 2.77 bits per heavy atom. The predicted octanol–water partition coefficient (Wildman–Crippen LogP) is 2.20. The van der Waals surface area contributed by atoms with E-state index in [-0.39, 0.29) is 24.2 Å². The van der Waals surface area contributed by atoms with Crippen LogP contribution in [-0.2, 0) is 4.79 Å². The van der Waals surface area contributed by atoms with Crippen molar-refractivity contribution < 1.29 is 19.4 Å². The van der Waals surface area contributed by atoms with Gasteiger partial charge in [-0.05, 0) is 39.7 Å². The van der Waals surface area contributed by atoms with Crippen LogP contribution in [0.4, 0.5) is 0 Å². The average Bonchev–Trinajstić information content (AvgIpc) is 2.46. The number of aromatic nitrogens is 1. The molecule has 120 valence electrons. The van der Waals surface area contributed by atoms with Crippen LogP contribution in [0, 0.1) is 5.41 Å². The smallest absolute Gasteiger partial charge is 0.311 e. The van der Waals surface area contributed by atoms with Crippen LogP contribution in [0.25, 0.3) is 0 Å². The monoisotopic (exact) mass is 306 g/mol.